The quantitative estimate of drug-likeness (QED) is 0.876. The lowest BCUT2D eigenvalue weighted by molar-refractivity contribution is -0.143. The Balaban J connectivity index is 2.19. The highest BCUT2D eigenvalue weighted by molar-refractivity contribution is 5.79. The maximum absolute atomic E-state index is 11.2. The zero-order valence-corrected chi connectivity index (χ0v) is 11.5. The molecule has 0 saturated carbocycles. The number of carboxylic acid groups (broad SMARTS) is 1. The third-order valence-corrected chi connectivity index (χ3v) is 3.64. The number of aliphatic carboxylic acids is 1. The summed E-state index contributed by atoms with van der Waals surface area (Å²) in [5.74, 6) is -0.952. The van der Waals surface area contributed by atoms with Gasteiger partial charge in [0.05, 0.1) is 0 Å². The van der Waals surface area contributed by atoms with Crippen LogP contribution in [-0.4, -0.2) is 16.6 Å². The summed E-state index contributed by atoms with van der Waals surface area (Å²) in [7, 11) is 0. The molecule has 1 unspecified atom stereocenters. The van der Waals surface area contributed by atoms with Crippen LogP contribution in [0.3, 0.4) is 0 Å². The Kier molecular flexibility index (Phi) is 4.20. The Labute approximate surface area is 119 Å². The first-order valence-corrected chi connectivity index (χ1v) is 6.72. The van der Waals surface area contributed by atoms with Gasteiger partial charge >= 0.3 is 5.97 Å². The monoisotopic (exact) mass is 269 g/mol. The van der Waals surface area contributed by atoms with Crippen LogP contribution in [0.25, 0.3) is 11.1 Å². The average molecular weight is 269 g/mol. The van der Waals surface area contributed by atoms with Gasteiger partial charge in [-0.15, -0.1) is 0 Å². The smallest absolute Gasteiger partial charge is 0.324 e. The molecule has 0 fully saturated rings. The minimum absolute atomic E-state index is 0.341. The molecule has 104 valence electrons. The lowest BCUT2D eigenvalue weighted by Gasteiger charge is -2.23. The second kappa shape index (κ2) is 5.88. The molecule has 20 heavy (non-hydrogen) atoms. The lowest BCUT2D eigenvalue weighted by Crippen LogP contribution is -2.49. The molecule has 2 rings (SSSR count). The van der Waals surface area contributed by atoms with Crippen molar-refractivity contribution in [3.63, 3.8) is 0 Å². The summed E-state index contributed by atoms with van der Waals surface area (Å²) < 4.78 is 0. The van der Waals surface area contributed by atoms with E-state index in [-0.39, 0.29) is 0 Å². The van der Waals surface area contributed by atoms with Crippen molar-refractivity contribution in [3.05, 3.63) is 60.2 Å². The first kappa shape index (κ1) is 14.3. The van der Waals surface area contributed by atoms with Crippen LogP contribution in [0.2, 0.25) is 0 Å². The largest absolute Gasteiger partial charge is 0.480 e. The molecule has 0 heterocycles. The van der Waals surface area contributed by atoms with E-state index in [1.54, 1.807) is 6.92 Å². The minimum Gasteiger partial charge on any atom is -0.480 e. The second-order valence-electron chi connectivity index (χ2n) is 5.05. The summed E-state index contributed by atoms with van der Waals surface area (Å²) in [5.41, 5.74) is 7.94. The van der Waals surface area contributed by atoms with Crippen molar-refractivity contribution in [3.8, 4) is 11.1 Å². The molecule has 3 nitrogen and oxygen atoms in total. The van der Waals surface area contributed by atoms with Crippen LogP contribution in [0.5, 0.6) is 0 Å². The predicted octanol–water partition coefficient (Wildman–Crippen LogP) is 3.09. The maximum atomic E-state index is 11.2. The molecule has 0 amide bonds. The molecule has 1 atom stereocenters. The molecule has 3 heteroatoms. The van der Waals surface area contributed by atoms with E-state index in [9.17, 15) is 9.90 Å². The van der Waals surface area contributed by atoms with Gasteiger partial charge in [-0.05, 0) is 23.1 Å². The summed E-state index contributed by atoms with van der Waals surface area (Å²) in [4.78, 5) is 11.2. The molecule has 0 aliphatic rings. The Bertz CT molecular complexity index is 578. The maximum Gasteiger partial charge on any atom is 0.324 e. The zero-order chi connectivity index (χ0) is 14.6. The fourth-order valence-corrected chi connectivity index (χ4v) is 2.16. The molecule has 0 aliphatic heterocycles. The van der Waals surface area contributed by atoms with Crippen LogP contribution in [0.1, 0.15) is 18.9 Å². The Morgan fingerprint density at radius 3 is 2.10 bits per heavy atom. The molecule has 0 bridgehead atoms. The van der Waals surface area contributed by atoms with E-state index in [0.29, 0.717) is 12.8 Å². The van der Waals surface area contributed by atoms with E-state index >= 15 is 0 Å². The predicted molar refractivity (Wildman–Crippen MR) is 80.4 cm³/mol. The number of hydrogen-bond donors (Lipinski definition) is 2. The summed E-state index contributed by atoms with van der Waals surface area (Å²) in [6, 6.07) is 18.0. The normalized spacial score (nSPS) is 13.7. The SMILES string of the molecule is CCC(N)(Cc1ccc(-c2ccccc2)cc1)C(=O)O. The average Bonchev–Trinajstić information content (AvgIpc) is 2.48. The molecule has 0 saturated heterocycles. The van der Waals surface area contributed by atoms with E-state index in [2.05, 4.69) is 0 Å². The number of hydrogen-bond acceptors (Lipinski definition) is 2. The van der Waals surface area contributed by atoms with Crippen LogP contribution in [-0.2, 0) is 11.2 Å². The summed E-state index contributed by atoms with van der Waals surface area (Å²) in [6.07, 6.45) is 0.747. The number of benzene rings is 2. The highest BCUT2D eigenvalue weighted by Crippen LogP contribution is 2.21. The topological polar surface area (TPSA) is 63.3 Å². The van der Waals surface area contributed by atoms with Gasteiger partial charge in [0.1, 0.15) is 5.54 Å². The van der Waals surface area contributed by atoms with Crippen molar-refractivity contribution in [1.29, 1.82) is 0 Å². The van der Waals surface area contributed by atoms with Gasteiger partial charge in [-0.3, -0.25) is 4.79 Å². The van der Waals surface area contributed by atoms with Crippen molar-refractivity contribution >= 4 is 5.97 Å². The Morgan fingerprint density at radius 1 is 1.05 bits per heavy atom. The number of nitrogens with two attached hydrogens (primary N) is 1. The van der Waals surface area contributed by atoms with Gasteiger partial charge in [-0.1, -0.05) is 61.5 Å². The van der Waals surface area contributed by atoms with Crippen molar-refractivity contribution in [2.24, 2.45) is 5.73 Å². The molecule has 2 aromatic rings. The standard InChI is InChI=1S/C17H19NO2/c1-2-17(18,16(19)20)12-13-8-10-15(11-9-13)14-6-4-3-5-7-14/h3-11H,2,12,18H2,1H3,(H,19,20). The van der Waals surface area contributed by atoms with Crippen LogP contribution in [0.15, 0.2) is 54.6 Å². The lowest BCUT2D eigenvalue weighted by atomic mass is 9.89. The van der Waals surface area contributed by atoms with E-state index < -0.39 is 11.5 Å². The highest BCUT2D eigenvalue weighted by atomic mass is 16.4. The molecular weight excluding hydrogens is 250 g/mol. The minimum atomic E-state index is -1.19. The third kappa shape index (κ3) is 3.06. The Morgan fingerprint density at radius 2 is 1.60 bits per heavy atom. The van der Waals surface area contributed by atoms with Crippen LogP contribution >= 0.6 is 0 Å². The van der Waals surface area contributed by atoms with Crippen molar-refractivity contribution in [1.82, 2.24) is 0 Å². The fraction of sp³-hybridized carbons (Fsp3) is 0.235. The molecule has 0 aliphatic carbocycles. The second-order valence-corrected chi connectivity index (χ2v) is 5.05. The van der Waals surface area contributed by atoms with Gasteiger partial charge in [0.2, 0.25) is 0 Å². The van der Waals surface area contributed by atoms with Crippen LogP contribution < -0.4 is 5.73 Å². The summed E-state index contributed by atoms with van der Waals surface area (Å²) in [5, 5.41) is 9.20. The molecule has 2 aromatic carbocycles. The van der Waals surface area contributed by atoms with Crippen molar-refractivity contribution in [2.75, 3.05) is 0 Å². The number of carbonyl (C=O) groups is 1. The number of rotatable bonds is 5. The molecule has 3 N–H and O–H groups in total. The van der Waals surface area contributed by atoms with Crippen LogP contribution in [0, 0.1) is 0 Å². The highest BCUT2D eigenvalue weighted by Gasteiger charge is 2.31. The van der Waals surface area contributed by atoms with Gasteiger partial charge in [0.25, 0.3) is 0 Å². The first-order valence-electron chi connectivity index (χ1n) is 6.72. The van der Waals surface area contributed by atoms with E-state index in [0.717, 1.165) is 16.7 Å². The molecule has 0 spiro atoms. The molecule has 0 radical (unpaired) electrons. The van der Waals surface area contributed by atoms with Gasteiger partial charge in [-0.2, -0.15) is 0 Å². The van der Waals surface area contributed by atoms with Gasteiger partial charge in [-0.25, -0.2) is 0 Å². The van der Waals surface area contributed by atoms with Gasteiger partial charge in [0, 0.05) is 6.42 Å². The Hall–Kier alpha value is -2.13. The molecular formula is C17H19NO2. The first-order chi connectivity index (χ1) is 9.55. The third-order valence-electron chi connectivity index (χ3n) is 3.64. The summed E-state index contributed by atoms with van der Waals surface area (Å²) in [6.45, 7) is 1.80. The van der Waals surface area contributed by atoms with Gasteiger partial charge < -0.3 is 10.8 Å². The van der Waals surface area contributed by atoms with E-state index in [1.165, 1.54) is 0 Å². The van der Waals surface area contributed by atoms with Crippen molar-refractivity contribution < 1.29 is 9.90 Å². The van der Waals surface area contributed by atoms with Crippen LogP contribution in [0.4, 0.5) is 0 Å². The van der Waals surface area contributed by atoms with Gasteiger partial charge in [0.15, 0.2) is 0 Å². The van der Waals surface area contributed by atoms with E-state index in [1.807, 2.05) is 54.6 Å². The summed E-state index contributed by atoms with van der Waals surface area (Å²) >= 11 is 0. The van der Waals surface area contributed by atoms with Crippen molar-refractivity contribution in [2.45, 2.75) is 25.3 Å². The number of carboxylic acids is 1. The van der Waals surface area contributed by atoms with E-state index in [4.69, 9.17) is 5.73 Å². The zero-order valence-electron chi connectivity index (χ0n) is 11.5. The fourth-order valence-electron chi connectivity index (χ4n) is 2.16. The molecule has 0 aromatic heterocycles.